The van der Waals surface area contributed by atoms with Crippen LogP contribution < -0.4 is 4.90 Å². The molecule has 0 atom stereocenters. The smallest absolute Gasteiger partial charge is 0.134 e. The molecule has 134 valence electrons. The number of fused-ring (bicyclic) bond motifs is 1. The molecule has 1 fully saturated rings. The minimum Gasteiger partial charge on any atom is -0.369 e. The van der Waals surface area contributed by atoms with Gasteiger partial charge in [-0.3, -0.25) is 4.90 Å². The van der Waals surface area contributed by atoms with Gasteiger partial charge in [-0.1, -0.05) is 24.6 Å². The molecule has 4 rings (SSSR count). The van der Waals surface area contributed by atoms with Gasteiger partial charge in [0.25, 0.3) is 0 Å². The van der Waals surface area contributed by atoms with E-state index in [-0.39, 0.29) is 0 Å². The number of hydrogen-bond acceptors (Lipinski definition) is 4. The third-order valence-electron chi connectivity index (χ3n) is 5.67. The standard InChI is InChI=1S/C20H29N5/c1-17-7-4-5-8-18(17)24-15-13-23(14-16-24)12-10-20-22-21-19-9-3-2-6-11-25(19)20/h4-5,7-8H,2-3,6,9-16H2,1H3. The van der Waals surface area contributed by atoms with Gasteiger partial charge >= 0.3 is 0 Å². The van der Waals surface area contributed by atoms with Crippen LogP contribution in [0.3, 0.4) is 0 Å². The molecule has 5 nitrogen and oxygen atoms in total. The van der Waals surface area contributed by atoms with Crippen LogP contribution in [0.5, 0.6) is 0 Å². The SMILES string of the molecule is Cc1ccccc1N1CCN(CCc2nnc3n2CCCCC3)CC1. The molecule has 0 radical (unpaired) electrons. The predicted octanol–water partition coefficient (Wildman–Crippen LogP) is 2.68. The molecule has 1 saturated heterocycles. The van der Waals surface area contributed by atoms with Crippen LogP contribution >= 0.6 is 0 Å². The van der Waals surface area contributed by atoms with E-state index in [0.717, 1.165) is 52.1 Å². The summed E-state index contributed by atoms with van der Waals surface area (Å²) in [6.45, 7) is 8.91. The van der Waals surface area contributed by atoms with Crippen LogP contribution in [0.25, 0.3) is 0 Å². The third kappa shape index (κ3) is 3.71. The van der Waals surface area contributed by atoms with Crippen LogP contribution in [0.2, 0.25) is 0 Å². The number of aromatic nitrogens is 3. The average Bonchev–Trinajstić information content (AvgIpc) is 2.87. The third-order valence-corrected chi connectivity index (χ3v) is 5.67. The van der Waals surface area contributed by atoms with Gasteiger partial charge in [0, 0.05) is 57.8 Å². The zero-order valence-corrected chi connectivity index (χ0v) is 15.3. The Kier molecular flexibility index (Phi) is 5.02. The highest BCUT2D eigenvalue weighted by molar-refractivity contribution is 5.53. The van der Waals surface area contributed by atoms with E-state index in [1.54, 1.807) is 0 Å². The van der Waals surface area contributed by atoms with Crippen molar-refractivity contribution in [1.29, 1.82) is 0 Å². The molecule has 0 aliphatic carbocycles. The van der Waals surface area contributed by atoms with Crippen molar-refractivity contribution in [1.82, 2.24) is 19.7 Å². The highest BCUT2D eigenvalue weighted by Crippen LogP contribution is 2.21. The Morgan fingerprint density at radius 2 is 1.76 bits per heavy atom. The maximum absolute atomic E-state index is 4.47. The second-order valence-electron chi connectivity index (χ2n) is 7.36. The second-order valence-corrected chi connectivity index (χ2v) is 7.36. The fourth-order valence-electron chi connectivity index (χ4n) is 4.12. The van der Waals surface area contributed by atoms with Crippen molar-refractivity contribution in [3.05, 3.63) is 41.5 Å². The minimum atomic E-state index is 1.03. The maximum Gasteiger partial charge on any atom is 0.134 e. The first kappa shape index (κ1) is 16.6. The first-order chi connectivity index (χ1) is 12.3. The molecule has 0 unspecified atom stereocenters. The molecule has 0 spiro atoms. The molecule has 3 heterocycles. The molecule has 0 N–H and O–H groups in total. The summed E-state index contributed by atoms with van der Waals surface area (Å²) in [5.41, 5.74) is 2.77. The quantitative estimate of drug-likeness (QED) is 0.858. The van der Waals surface area contributed by atoms with Crippen molar-refractivity contribution in [2.45, 2.75) is 45.6 Å². The van der Waals surface area contributed by atoms with Crippen molar-refractivity contribution in [2.75, 3.05) is 37.6 Å². The summed E-state index contributed by atoms with van der Waals surface area (Å²) in [4.78, 5) is 5.10. The van der Waals surface area contributed by atoms with E-state index in [4.69, 9.17) is 0 Å². The van der Waals surface area contributed by atoms with Crippen molar-refractivity contribution in [2.24, 2.45) is 0 Å². The summed E-state index contributed by atoms with van der Waals surface area (Å²) in [5, 5.41) is 8.90. The van der Waals surface area contributed by atoms with E-state index in [2.05, 4.69) is 55.8 Å². The fourth-order valence-corrected chi connectivity index (χ4v) is 4.12. The molecule has 0 saturated carbocycles. The molecular weight excluding hydrogens is 310 g/mol. The Morgan fingerprint density at radius 3 is 2.60 bits per heavy atom. The molecule has 2 aromatic rings. The Bertz CT molecular complexity index is 700. The number of piperazine rings is 1. The van der Waals surface area contributed by atoms with Gasteiger partial charge in [0.05, 0.1) is 0 Å². The van der Waals surface area contributed by atoms with Gasteiger partial charge in [-0.15, -0.1) is 10.2 Å². The highest BCUT2D eigenvalue weighted by Gasteiger charge is 2.20. The topological polar surface area (TPSA) is 37.2 Å². The molecule has 1 aromatic carbocycles. The lowest BCUT2D eigenvalue weighted by Gasteiger charge is -2.36. The van der Waals surface area contributed by atoms with Crippen LogP contribution in [0.15, 0.2) is 24.3 Å². The summed E-state index contributed by atoms with van der Waals surface area (Å²) in [6.07, 6.45) is 5.98. The average molecular weight is 339 g/mol. The summed E-state index contributed by atoms with van der Waals surface area (Å²) >= 11 is 0. The fraction of sp³-hybridized carbons (Fsp3) is 0.600. The van der Waals surface area contributed by atoms with Gasteiger partial charge < -0.3 is 9.47 Å². The molecule has 25 heavy (non-hydrogen) atoms. The van der Waals surface area contributed by atoms with E-state index in [0.29, 0.717) is 0 Å². The van der Waals surface area contributed by atoms with Crippen LogP contribution in [0, 0.1) is 6.92 Å². The zero-order valence-electron chi connectivity index (χ0n) is 15.3. The Labute approximate surface area is 150 Å². The lowest BCUT2D eigenvalue weighted by atomic mass is 10.1. The van der Waals surface area contributed by atoms with E-state index >= 15 is 0 Å². The predicted molar refractivity (Wildman–Crippen MR) is 101 cm³/mol. The van der Waals surface area contributed by atoms with Crippen LogP contribution in [0.1, 0.15) is 36.5 Å². The van der Waals surface area contributed by atoms with Crippen LogP contribution in [-0.4, -0.2) is 52.4 Å². The van der Waals surface area contributed by atoms with E-state index in [9.17, 15) is 0 Å². The number of rotatable bonds is 4. The minimum absolute atomic E-state index is 1.03. The maximum atomic E-state index is 4.47. The molecule has 5 heteroatoms. The van der Waals surface area contributed by atoms with Gasteiger partial charge in [0.15, 0.2) is 0 Å². The Morgan fingerprint density at radius 1 is 0.920 bits per heavy atom. The normalized spacial score (nSPS) is 18.8. The molecule has 0 bridgehead atoms. The van der Waals surface area contributed by atoms with Crippen molar-refractivity contribution in [3.8, 4) is 0 Å². The van der Waals surface area contributed by atoms with Gasteiger partial charge in [-0.2, -0.15) is 0 Å². The summed E-state index contributed by atoms with van der Waals surface area (Å²) in [7, 11) is 0. The van der Waals surface area contributed by atoms with E-state index < -0.39 is 0 Å². The molecule has 2 aliphatic rings. The van der Waals surface area contributed by atoms with Crippen LogP contribution in [-0.2, 0) is 19.4 Å². The molecule has 2 aliphatic heterocycles. The van der Waals surface area contributed by atoms with Crippen LogP contribution in [0.4, 0.5) is 5.69 Å². The number of aryl methyl sites for hydroxylation is 2. The highest BCUT2D eigenvalue weighted by atomic mass is 15.3. The van der Waals surface area contributed by atoms with E-state index in [1.807, 2.05) is 0 Å². The number of nitrogens with zero attached hydrogens (tertiary/aromatic N) is 5. The Hall–Kier alpha value is -1.88. The number of para-hydroxylation sites is 1. The lowest BCUT2D eigenvalue weighted by molar-refractivity contribution is 0.258. The first-order valence-corrected chi connectivity index (χ1v) is 9.75. The number of benzene rings is 1. The monoisotopic (exact) mass is 339 g/mol. The van der Waals surface area contributed by atoms with E-state index in [1.165, 1.54) is 42.2 Å². The van der Waals surface area contributed by atoms with Crippen molar-refractivity contribution < 1.29 is 0 Å². The summed E-state index contributed by atoms with van der Waals surface area (Å²) < 4.78 is 2.39. The van der Waals surface area contributed by atoms with Gasteiger partial charge in [0.2, 0.25) is 0 Å². The Balaban J connectivity index is 1.31. The second kappa shape index (κ2) is 7.56. The molecule has 0 amide bonds. The van der Waals surface area contributed by atoms with Crippen molar-refractivity contribution >= 4 is 5.69 Å². The van der Waals surface area contributed by atoms with Crippen molar-refractivity contribution in [3.63, 3.8) is 0 Å². The van der Waals surface area contributed by atoms with Gasteiger partial charge in [-0.05, 0) is 31.4 Å². The largest absolute Gasteiger partial charge is 0.369 e. The molecule has 1 aromatic heterocycles. The first-order valence-electron chi connectivity index (χ1n) is 9.75. The van der Waals surface area contributed by atoms with Gasteiger partial charge in [-0.25, -0.2) is 0 Å². The summed E-state index contributed by atoms with van der Waals surface area (Å²) in [5.74, 6) is 2.40. The molecular formula is C20H29N5. The number of anilines is 1. The lowest BCUT2D eigenvalue weighted by Crippen LogP contribution is -2.47. The zero-order chi connectivity index (χ0) is 17.1. The van der Waals surface area contributed by atoms with Gasteiger partial charge in [0.1, 0.15) is 11.6 Å². The summed E-state index contributed by atoms with van der Waals surface area (Å²) in [6, 6.07) is 8.72. The number of hydrogen-bond donors (Lipinski definition) is 0.